The summed E-state index contributed by atoms with van der Waals surface area (Å²) < 4.78 is 8.12. The lowest BCUT2D eigenvalue weighted by atomic mass is 9.73. The molecule has 5 rings (SSSR count). The Hall–Kier alpha value is -2.87. The summed E-state index contributed by atoms with van der Waals surface area (Å²) in [5.74, 6) is 0.746. The largest absolute Gasteiger partial charge is 0.491 e. The van der Waals surface area contributed by atoms with E-state index in [2.05, 4.69) is 37.6 Å². The van der Waals surface area contributed by atoms with Gasteiger partial charge in [-0.2, -0.15) is 5.10 Å². The monoisotopic (exact) mass is 521 g/mol. The number of rotatable bonds is 3. The molecule has 1 spiro atoms. The molecule has 2 amide bonds. The van der Waals surface area contributed by atoms with E-state index in [1.165, 1.54) is 36.8 Å². The van der Waals surface area contributed by atoms with Crippen LogP contribution in [-0.4, -0.2) is 58.8 Å². The van der Waals surface area contributed by atoms with Gasteiger partial charge in [0.05, 0.1) is 24.2 Å². The fraction of sp³-hybridized carbons (Fsp3) is 0.633. The molecule has 1 aliphatic carbocycles. The summed E-state index contributed by atoms with van der Waals surface area (Å²) in [7, 11) is 0. The Morgan fingerprint density at radius 2 is 1.84 bits per heavy atom. The lowest BCUT2D eigenvalue weighted by Crippen LogP contribution is -2.53. The number of piperidine rings is 1. The van der Waals surface area contributed by atoms with Gasteiger partial charge in [0.25, 0.3) is 0 Å². The number of aryl methyl sites for hydroxylation is 1. The average Bonchev–Trinajstić information content (AvgIpc) is 3.62. The third-order valence-corrected chi connectivity index (χ3v) is 8.78. The molecule has 1 aromatic carbocycles. The summed E-state index contributed by atoms with van der Waals surface area (Å²) in [6.45, 7) is 5.21. The molecule has 1 saturated carbocycles. The van der Waals surface area contributed by atoms with Gasteiger partial charge in [0, 0.05) is 18.3 Å². The van der Waals surface area contributed by atoms with Gasteiger partial charge >= 0.3 is 0 Å². The molecule has 1 aromatic heterocycles. The number of carbonyl (C=O) groups is 2. The SMILES string of the molecule is C[C@@H]1NC(=O)C2(CCCCc3ccccc3OCCNC1=O)CCN(Cc1cnn(C3CCCC3)c1)CC2. The molecular formula is C30H43N5O3. The van der Waals surface area contributed by atoms with Crippen molar-refractivity contribution in [3.05, 3.63) is 47.8 Å². The molecule has 2 N–H and O–H groups in total. The number of nitrogens with one attached hydrogen (secondary N) is 2. The zero-order valence-corrected chi connectivity index (χ0v) is 22.8. The molecule has 2 fully saturated rings. The number of hydrogen-bond acceptors (Lipinski definition) is 5. The van der Waals surface area contributed by atoms with Crippen LogP contribution in [0.4, 0.5) is 0 Å². The fourth-order valence-electron chi connectivity index (χ4n) is 6.35. The number of hydrogen-bond donors (Lipinski definition) is 2. The third kappa shape index (κ3) is 6.40. The van der Waals surface area contributed by atoms with Gasteiger partial charge in [-0.15, -0.1) is 0 Å². The first-order chi connectivity index (χ1) is 18.5. The minimum absolute atomic E-state index is 0.0281. The highest BCUT2D eigenvalue weighted by molar-refractivity contribution is 5.90. The van der Waals surface area contributed by atoms with Crippen molar-refractivity contribution in [3.8, 4) is 5.75 Å². The summed E-state index contributed by atoms with van der Waals surface area (Å²) >= 11 is 0. The lowest BCUT2D eigenvalue weighted by Gasteiger charge is -2.41. The van der Waals surface area contributed by atoms with E-state index in [0.717, 1.165) is 63.9 Å². The Morgan fingerprint density at radius 3 is 2.66 bits per heavy atom. The Balaban J connectivity index is 1.23. The highest BCUT2D eigenvalue weighted by atomic mass is 16.5. The summed E-state index contributed by atoms with van der Waals surface area (Å²) in [6.07, 6.45) is 14.7. The fourth-order valence-corrected chi connectivity index (χ4v) is 6.35. The Kier molecular flexibility index (Phi) is 8.67. The van der Waals surface area contributed by atoms with Gasteiger partial charge < -0.3 is 15.4 Å². The molecule has 0 unspecified atom stereocenters. The predicted molar refractivity (Wildman–Crippen MR) is 147 cm³/mol. The molecule has 3 heterocycles. The minimum atomic E-state index is -0.573. The first kappa shape index (κ1) is 26.7. The van der Waals surface area contributed by atoms with Gasteiger partial charge in [0.15, 0.2) is 0 Å². The molecule has 2 aromatic rings. The van der Waals surface area contributed by atoms with Crippen molar-refractivity contribution in [2.24, 2.45) is 5.41 Å². The highest BCUT2D eigenvalue weighted by Crippen LogP contribution is 2.38. The molecule has 3 aliphatic rings. The molecule has 2 aliphatic heterocycles. The molecule has 1 saturated heterocycles. The average molecular weight is 522 g/mol. The molecule has 8 heteroatoms. The number of ether oxygens (including phenoxy) is 1. The first-order valence-electron chi connectivity index (χ1n) is 14.6. The standard InChI is InChI=1S/C30H43N5O3/c1-23-28(36)31-16-19-38-27-12-5-2-8-25(27)9-6-7-13-30(29(37)33-23)14-17-34(18-15-30)21-24-20-32-35(22-24)26-10-3-4-11-26/h2,5,8,12,20,22-23,26H,3-4,6-7,9-11,13-19,21H2,1H3,(H,31,36)(H,33,37)/t23-/m0/s1. The van der Waals surface area contributed by atoms with Crippen LogP contribution in [0.1, 0.15) is 81.9 Å². The Bertz CT molecular complexity index is 1090. The van der Waals surface area contributed by atoms with Gasteiger partial charge in [-0.1, -0.05) is 37.5 Å². The van der Waals surface area contributed by atoms with Crippen molar-refractivity contribution in [2.75, 3.05) is 26.2 Å². The van der Waals surface area contributed by atoms with Crippen LogP contribution < -0.4 is 15.4 Å². The third-order valence-electron chi connectivity index (χ3n) is 8.78. The second kappa shape index (κ2) is 12.3. The van der Waals surface area contributed by atoms with Crippen LogP contribution in [0.15, 0.2) is 36.7 Å². The molecule has 1 atom stereocenters. The number of amides is 2. The maximum absolute atomic E-state index is 13.7. The van der Waals surface area contributed by atoms with E-state index in [-0.39, 0.29) is 11.8 Å². The molecular weight excluding hydrogens is 478 g/mol. The van der Waals surface area contributed by atoms with Gasteiger partial charge in [0.2, 0.25) is 11.8 Å². The van der Waals surface area contributed by atoms with E-state index in [1.54, 1.807) is 6.92 Å². The second-order valence-corrected chi connectivity index (χ2v) is 11.5. The van der Waals surface area contributed by atoms with Crippen molar-refractivity contribution in [2.45, 2.75) is 89.8 Å². The second-order valence-electron chi connectivity index (χ2n) is 11.5. The van der Waals surface area contributed by atoms with Crippen molar-refractivity contribution < 1.29 is 14.3 Å². The highest BCUT2D eigenvalue weighted by Gasteiger charge is 2.41. The number of likely N-dealkylation sites (tertiary alicyclic amines) is 1. The van der Waals surface area contributed by atoms with E-state index in [9.17, 15) is 9.59 Å². The maximum Gasteiger partial charge on any atom is 0.242 e. The van der Waals surface area contributed by atoms with Crippen LogP contribution in [-0.2, 0) is 22.6 Å². The molecule has 206 valence electrons. The number of para-hydroxylation sites is 1. The molecule has 8 nitrogen and oxygen atoms in total. The van der Waals surface area contributed by atoms with Crippen LogP contribution in [0.5, 0.6) is 5.75 Å². The van der Waals surface area contributed by atoms with E-state index < -0.39 is 11.5 Å². The predicted octanol–water partition coefficient (Wildman–Crippen LogP) is 4.01. The van der Waals surface area contributed by atoms with Gasteiger partial charge in [0.1, 0.15) is 18.4 Å². The summed E-state index contributed by atoms with van der Waals surface area (Å²) in [6, 6.07) is 8.13. The number of carbonyl (C=O) groups excluding carboxylic acids is 2. The first-order valence-corrected chi connectivity index (χ1v) is 14.6. The van der Waals surface area contributed by atoms with Crippen LogP contribution in [0.25, 0.3) is 0 Å². The van der Waals surface area contributed by atoms with Crippen LogP contribution in [0.2, 0.25) is 0 Å². The van der Waals surface area contributed by atoms with E-state index in [4.69, 9.17) is 4.74 Å². The van der Waals surface area contributed by atoms with Gasteiger partial charge in [-0.05, 0) is 76.6 Å². The number of fused-ring (bicyclic) bond motifs is 1. The van der Waals surface area contributed by atoms with E-state index in [1.807, 2.05) is 24.4 Å². The topological polar surface area (TPSA) is 88.5 Å². The van der Waals surface area contributed by atoms with Crippen LogP contribution in [0, 0.1) is 5.41 Å². The van der Waals surface area contributed by atoms with Gasteiger partial charge in [-0.3, -0.25) is 19.2 Å². The number of nitrogens with zero attached hydrogens (tertiary/aromatic N) is 3. The zero-order valence-electron chi connectivity index (χ0n) is 22.8. The van der Waals surface area contributed by atoms with Crippen LogP contribution in [0.3, 0.4) is 0 Å². The van der Waals surface area contributed by atoms with Crippen molar-refractivity contribution in [1.82, 2.24) is 25.3 Å². The zero-order chi connectivity index (χ0) is 26.4. The lowest BCUT2D eigenvalue weighted by molar-refractivity contribution is -0.138. The van der Waals surface area contributed by atoms with Crippen molar-refractivity contribution >= 4 is 11.8 Å². The van der Waals surface area contributed by atoms with Crippen molar-refractivity contribution in [3.63, 3.8) is 0 Å². The van der Waals surface area contributed by atoms with Crippen molar-refractivity contribution in [1.29, 1.82) is 0 Å². The summed E-state index contributed by atoms with van der Waals surface area (Å²) in [5, 5.41) is 10.6. The number of aromatic nitrogens is 2. The molecule has 0 radical (unpaired) electrons. The smallest absolute Gasteiger partial charge is 0.242 e. The maximum atomic E-state index is 13.7. The quantitative estimate of drug-likeness (QED) is 0.637. The van der Waals surface area contributed by atoms with Gasteiger partial charge in [-0.25, -0.2) is 0 Å². The van der Waals surface area contributed by atoms with E-state index in [0.29, 0.717) is 19.2 Å². The summed E-state index contributed by atoms with van der Waals surface area (Å²) in [4.78, 5) is 28.8. The minimum Gasteiger partial charge on any atom is -0.491 e. The summed E-state index contributed by atoms with van der Waals surface area (Å²) in [5.41, 5.74) is 2.01. The number of benzene rings is 1. The van der Waals surface area contributed by atoms with E-state index >= 15 is 0 Å². The Labute approximate surface area is 226 Å². The normalized spacial score (nSPS) is 24.1. The molecule has 38 heavy (non-hydrogen) atoms. The van der Waals surface area contributed by atoms with Crippen LogP contribution >= 0.6 is 0 Å². The Morgan fingerprint density at radius 1 is 1.05 bits per heavy atom. The molecule has 0 bridgehead atoms.